The quantitative estimate of drug-likeness (QED) is 0.619. The fourth-order valence-electron chi connectivity index (χ4n) is 2.13. The SMILES string of the molecule is O=C(OCCCCCCO)c1ccc2ccccc2c1. The van der Waals surface area contributed by atoms with Gasteiger partial charge in [0.2, 0.25) is 0 Å². The second kappa shape index (κ2) is 7.65. The summed E-state index contributed by atoms with van der Waals surface area (Å²) in [6.45, 7) is 0.675. The first-order chi connectivity index (χ1) is 9.81. The number of carbonyl (C=O) groups is 1. The predicted molar refractivity (Wildman–Crippen MR) is 79.8 cm³/mol. The Hall–Kier alpha value is -1.87. The lowest BCUT2D eigenvalue weighted by atomic mass is 10.1. The molecule has 0 atom stereocenters. The number of esters is 1. The summed E-state index contributed by atoms with van der Waals surface area (Å²) in [5, 5.41) is 10.8. The van der Waals surface area contributed by atoms with Crippen LogP contribution in [0, 0.1) is 0 Å². The summed E-state index contributed by atoms with van der Waals surface area (Å²) < 4.78 is 5.26. The zero-order valence-electron chi connectivity index (χ0n) is 11.5. The van der Waals surface area contributed by atoms with Gasteiger partial charge in [0, 0.05) is 6.61 Å². The molecule has 106 valence electrons. The number of benzene rings is 2. The molecular formula is C17H20O3. The highest BCUT2D eigenvalue weighted by Gasteiger charge is 2.07. The van der Waals surface area contributed by atoms with Gasteiger partial charge in [-0.05, 0) is 42.2 Å². The van der Waals surface area contributed by atoms with E-state index >= 15 is 0 Å². The van der Waals surface area contributed by atoms with Crippen molar-refractivity contribution in [3.05, 3.63) is 48.0 Å². The lowest BCUT2D eigenvalue weighted by Gasteiger charge is -2.06. The largest absolute Gasteiger partial charge is 0.462 e. The van der Waals surface area contributed by atoms with E-state index in [-0.39, 0.29) is 12.6 Å². The molecule has 3 heteroatoms. The smallest absolute Gasteiger partial charge is 0.338 e. The molecule has 0 aliphatic rings. The van der Waals surface area contributed by atoms with E-state index in [0.29, 0.717) is 12.2 Å². The lowest BCUT2D eigenvalue weighted by Crippen LogP contribution is -2.06. The van der Waals surface area contributed by atoms with Crippen molar-refractivity contribution in [3.8, 4) is 0 Å². The average Bonchev–Trinajstić information content (AvgIpc) is 2.50. The first-order valence-corrected chi connectivity index (χ1v) is 7.08. The third-order valence-corrected chi connectivity index (χ3v) is 3.27. The fraction of sp³-hybridized carbons (Fsp3) is 0.353. The van der Waals surface area contributed by atoms with E-state index in [1.807, 2.05) is 36.4 Å². The van der Waals surface area contributed by atoms with Gasteiger partial charge in [-0.25, -0.2) is 4.79 Å². The third-order valence-electron chi connectivity index (χ3n) is 3.27. The summed E-state index contributed by atoms with van der Waals surface area (Å²) in [5.74, 6) is -0.266. The molecule has 1 N–H and O–H groups in total. The van der Waals surface area contributed by atoms with Crippen LogP contribution in [0.4, 0.5) is 0 Å². The standard InChI is InChI=1S/C17H20O3/c18-11-5-1-2-6-12-20-17(19)16-10-9-14-7-3-4-8-15(14)13-16/h3-4,7-10,13,18H,1-2,5-6,11-12H2. The zero-order chi connectivity index (χ0) is 14.2. The highest BCUT2D eigenvalue weighted by molar-refractivity contribution is 5.95. The van der Waals surface area contributed by atoms with Crippen LogP contribution in [0.15, 0.2) is 42.5 Å². The third kappa shape index (κ3) is 4.07. The Bertz CT molecular complexity index is 563. The van der Waals surface area contributed by atoms with E-state index in [0.717, 1.165) is 36.5 Å². The number of aliphatic hydroxyl groups excluding tert-OH is 1. The molecule has 0 amide bonds. The Morgan fingerprint density at radius 2 is 1.70 bits per heavy atom. The first-order valence-electron chi connectivity index (χ1n) is 7.08. The minimum absolute atomic E-state index is 0.233. The maximum atomic E-state index is 11.9. The number of carbonyl (C=O) groups excluding carboxylic acids is 1. The van der Waals surface area contributed by atoms with Crippen LogP contribution in [0.2, 0.25) is 0 Å². The average molecular weight is 272 g/mol. The normalized spacial score (nSPS) is 10.7. The molecule has 0 aromatic heterocycles. The minimum Gasteiger partial charge on any atom is -0.462 e. The molecule has 2 rings (SSSR count). The lowest BCUT2D eigenvalue weighted by molar-refractivity contribution is 0.0497. The predicted octanol–water partition coefficient (Wildman–Crippen LogP) is 3.55. The summed E-state index contributed by atoms with van der Waals surface area (Å²) in [6, 6.07) is 13.5. The molecule has 0 bridgehead atoms. The zero-order valence-corrected chi connectivity index (χ0v) is 11.5. The van der Waals surface area contributed by atoms with Crippen molar-refractivity contribution in [1.82, 2.24) is 0 Å². The second-order valence-corrected chi connectivity index (χ2v) is 4.84. The van der Waals surface area contributed by atoms with Crippen LogP contribution < -0.4 is 0 Å². The van der Waals surface area contributed by atoms with Crippen molar-refractivity contribution in [3.63, 3.8) is 0 Å². The number of aliphatic hydroxyl groups is 1. The van der Waals surface area contributed by atoms with Gasteiger partial charge in [-0.15, -0.1) is 0 Å². The monoisotopic (exact) mass is 272 g/mol. The van der Waals surface area contributed by atoms with Gasteiger partial charge in [0.25, 0.3) is 0 Å². The number of unbranched alkanes of at least 4 members (excludes halogenated alkanes) is 3. The van der Waals surface area contributed by atoms with Crippen LogP contribution >= 0.6 is 0 Å². The summed E-state index contributed by atoms with van der Waals surface area (Å²) in [4.78, 5) is 11.9. The van der Waals surface area contributed by atoms with E-state index in [2.05, 4.69) is 0 Å². The van der Waals surface area contributed by atoms with Gasteiger partial charge in [-0.1, -0.05) is 36.8 Å². The molecular weight excluding hydrogens is 252 g/mol. The van der Waals surface area contributed by atoms with E-state index in [4.69, 9.17) is 9.84 Å². The highest BCUT2D eigenvalue weighted by Crippen LogP contribution is 2.16. The fourth-order valence-corrected chi connectivity index (χ4v) is 2.13. The minimum atomic E-state index is -0.266. The van der Waals surface area contributed by atoms with Crippen LogP contribution in [0.1, 0.15) is 36.0 Å². The Labute approximate surface area is 119 Å². The first kappa shape index (κ1) is 14.5. The molecule has 20 heavy (non-hydrogen) atoms. The van der Waals surface area contributed by atoms with Crippen molar-refractivity contribution in [2.75, 3.05) is 13.2 Å². The molecule has 0 unspecified atom stereocenters. The number of ether oxygens (including phenoxy) is 1. The molecule has 2 aromatic rings. The number of rotatable bonds is 7. The van der Waals surface area contributed by atoms with Crippen LogP contribution in [-0.4, -0.2) is 24.3 Å². The number of fused-ring (bicyclic) bond motifs is 1. The van der Waals surface area contributed by atoms with E-state index in [9.17, 15) is 4.79 Å². The number of hydrogen-bond acceptors (Lipinski definition) is 3. The molecule has 0 aliphatic carbocycles. The van der Waals surface area contributed by atoms with E-state index in [1.165, 1.54) is 0 Å². The van der Waals surface area contributed by atoms with Crippen molar-refractivity contribution in [1.29, 1.82) is 0 Å². The van der Waals surface area contributed by atoms with Gasteiger partial charge in [-0.2, -0.15) is 0 Å². The van der Waals surface area contributed by atoms with Crippen LogP contribution in [0.25, 0.3) is 10.8 Å². The molecule has 0 fully saturated rings. The Kier molecular flexibility index (Phi) is 5.56. The summed E-state index contributed by atoms with van der Waals surface area (Å²) in [5.41, 5.74) is 0.596. The highest BCUT2D eigenvalue weighted by atomic mass is 16.5. The van der Waals surface area contributed by atoms with Gasteiger partial charge in [-0.3, -0.25) is 0 Å². The van der Waals surface area contributed by atoms with Gasteiger partial charge < -0.3 is 9.84 Å². The topological polar surface area (TPSA) is 46.5 Å². The number of hydrogen-bond donors (Lipinski definition) is 1. The van der Waals surface area contributed by atoms with E-state index in [1.54, 1.807) is 6.07 Å². The summed E-state index contributed by atoms with van der Waals surface area (Å²) in [7, 11) is 0. The Balaban J connectivity index is 1.84. The van der Waals surface area contributed by atoms with E-state index < -0.39 is 0 Å². The molecule has 2 aromatic carbocycles. The molecule has 0 heterocycles. The molecule has 0 radical (unpaired) electrons. The van der Waals surface area contributed by atoms with Crippen molar-refractivity contribution >= 4 is 16.7 Å². The molecule has 0 saturated carbocycles. The molecule has 0 spiro atoms. The summed E-state index contributed by atoms with van der Waals surface area (Å²) >= 11 is 0. The van der Waals surface area contributed by atoms with Gasteiger partial charge >= 0.3 is 5.97 Å². The van der Waals surface area contributed by atoms with Gasteiger partial charge in [0.05, 0.1) is 12.2 Å². The Morgan fingerprint density at radius 3 is 2.50 bits per heavy atom. The van der Waals surface area contributed by atoms with Gasteiger partial charge in [0.1, 0.15) is 0 Å². The molecule has 0 aliphatic heterocycles. The maximum Gasteiger partial charge on any atom is 0.338 e. The molecule has 3 nitrogen and oxygen atoms in total. The van der Waals surface area contributed by atoms with Crippen LogP contribution in [0.5, 0.6) is 0 Å². The molecule has 0 saturated heterocycles. The van der Waals surface area contributed by atoms with Gasteiger partial charge in [0.15, 0.2) is 0 Å². The van der Waals surface area contributed by atoms with Crippen molar-refractivity contribution < 1.29 is 14.6 Å². The summed E-state index contributed by atoms with van der Waals surface area (Å²) in [6.07, 6.45) is 3.62. The van der Waals surface area contributed by atoms with Crippen molar-refractivity contribution in [2.24, 2.45) is 0 Å². The van der Waals surface area contributed by atoms with Crippen molar-refractivity contribution in [2.45, 2.75) is 25.7 Å². The van der Waals surface area contributed by atoms with Crippen LogP contribution in [0.3, 0.4) is 0 Å². The second-order valence-electron chi connectivity index (χ2n) is 4.84. The van der Waals surface area contributed by atoms with Crippen LogP contribution in [-0.2, 0) is 4.74 Å². The Morgan fingerprint density at radius 1 is 0.950 bits per heavy atom. The maximum absolute atomic E-state index is 11.9.